The van der Waals surface area contributed by atoms with E-state index in [1.807, 2.05) is 0 Å². The average Bonchev–Trinajstić information content (AvgIpc) is 1.65. The number of carboxylic acid groups (broad SMARTS) is 1. The number of quaternary nitrogens is 1. The van der Waals surface area contributed by atoms with Crippen molar-refractivity contribution >= 4 is 47.7 Å². The highest BCUT2D eigenvalue weighted by Gasteiger charge is 2.28. The van der Waals surface area contributed by atoms with Gasteiger partial charge in [-0.2, -0.15) is 4.79 Å². The molecular weight excluding hydrogens is 226 g/mol. The first-order valence-electron chi connectivity index (χ1n) is 2.13. The van der Waals surface area contributed by atoms with E-state index in [-0.39, 0.29) is 0 Å². The minimum Gasteiger partial charge on any atom is -0.434 e. The summed E-state index contributed by atoms with van der Waals surface area (Å²) in [5, 5.41) is 8.93. The molecule has 0 aromatic heterocycles. The molecule has 0 saturated carbocycles. The number of rotatable bonds is 2. The molecule has 0 radical (unpaired) electrons. The zero-order valence-corrected chi connectivity index (χ0v) is 7.86. The van der Waals surface area contributed by atoms with Crippen molar-refractivity contribution in [3.05, 3.63) is 0 Å². The molecule has 0 aromatic carbocycles. The molecule has 1 amide bonds. The van der Waals surface area contributed by atoms with E-state index in [0.717, 1.165) is 0 Å². The van der Waals surface area contributed by atoms with Crippen LogP contribution in [0.3, 0.4) is 0 Å². The molecule has 54 valence electrons. The van der Waals surface area contributed by atoms with Gasteiger partial charge < -0.3 is 5.11 Å². The number of halogens is 1. The number of thiol groups is 2. The monoisotopic (exact) mass is 232 g/mol. The topological polar surface area (TPSA) is 37.3 Å². The van der Waals surface area contributed by atoms with Crippen LogP contribution in [-0.2, 0) is 0 Å². The second-order valence-corrected chi connectivity index (χ2v) is 3.90. The Morgan fingerprint density at radius 1 is 1.67 bits per heavy atom. The van der Waals surface area contributed by atoms with E-state index in [1.165, 1.54) is 0 Å². The van der Waals surface area contributed by atoms with Crippen LogP contribution in [0.5, 0.6) is 0 Å². The summed E-state index contributed by atoms with van der Waals surface area (Å²) >= 11 is 10.5. The first kappa shape index (κ1) is 9.61. The van der Waals surface area contributed by atoms with E-state index >= 15 is 0 Å². The number of carbonyl (C=O) groups is 1. The molecule has 0 saturated heterocycles. The van der Waals surface area contributed by atoms with Gasteiger partial charge in [-0.25, -0.2) is 0 Å². The number of hydrogen-bond donors (Lipinski definition) is 3. The van der Waals surface area contributed by atoms with Gasteiger partial charge in [-0.1, -0.05) is 15.9 Å². The summed E-state index contributed by atoms with van der Waals surface area (Å²) in [7, 11) is 0. The Labute approximate surface area is 72.8 Å². The molecule has 3 nitrogen and oxygen atoms in total. The maximum absolute atomic E-state index is 10.2. The standard InChI is InChI=1S/C3H6BrNO2S2/c4-1-2-5(8,9)3(6)7/h8-9H,1-2H2/p+1. The Morgan fingerprint density at radius 3 is 2.22 bits per heavy atom. The van der Waals surface area contributed by atoms with Crippen molar-refractivity contribution in [2.24, 2.45) is 0 Å². The molecule has 0 heterocycles. The van der Waals surface area contributed by atoms with Crippen molar-refractivity contribution in [1.82, 2.24) is 0 Å². The Bertz CT molecular complexity index is 118. The molecule has 0 atom stereocenters. The van der Waals surface area contributed by atoms with Crippen molar-refractivity contribution in [3.63, 3.8) is 0 Å². The quantitative estimate of drug-likeness (QED) is 0.384. The van der Waals surface area contributed by atoms with Crippen LogP contribution in [0.4, 0.5) is 4.79 Å². The summed E-state index contributed by atoms with van der Waals surface area (Å²) < 4.78 is -0.592. The van der Waals surface area contributed by atoms with Gasteiger partial charge in [-0.15, -0.1) is 3.29 Å². The normalized spacial score (nSPS) is 11.4. The Kier molecular flexibility index (Phi) is 3.95. The summed E-state index contributed by atoms with van der Waals surface area (Å²) in [6, 6.07) is 0. The lowest BCUT2D eigenvalue weighted by Gasteiger charge is -2.14. The van der Waals surface area contributed by atoms with E-state index in [4.69, 9.17) is 5.11 Å². The SMILES string of the molecule is O=C(O)[N+](S)(S)CCBr. The van der Waals surface area contributed by atoms with Crippen molar-refractivity contribution in [1.29, 1.82) is 0 Å². The van der Waals surface area contributed by atoms with Crippen LogP contribution in [0.1, 0.15) is 0 Å². The number of amides is 1. The number of hydrogen-bond acceptors (Lipinski definition) is 3. The second kappa shape index (κ2) is 3.70. The smallest absolute Gasteiger partial charge is 0.434 e. The maximum atomic E-state index is 10.2. The van der Waals surface area contributed by atoms with Crippen LogP contribution in [0.25, 0.3) is 0 Å². The molecule has 0 aromatic rings. The third-order valence-electron chi connectivity index (χ3n) is 0.703. The summed E-state index contributed by atoms with van der Waals surface area (Å²) in [5.41, 5.74) is 0. The molecule has 9 heavy (non-hydrogen) atoms. The van der Waals surface area contributed by atoms with Gasteiger partial charge in [-0.3, -0.25) is 0 Å². The van der Waals surface area contributed by atoms with Gasteiger partial charge in [0.2, 0.25) is 0 Å². The molecule has 6 heteroatoms. The molecule has 1 N–H and O–H groups in total. The first-order valence-corrected chi connectivity index (χ1v) is 4.06. The van der Waals surface area contributed by atoms with Crippen LogP contribution < -0.4 is 0 Å². The fourth-order valence-electron chi connectivity index (χ4n) is 0.213. The minimum absolute atomic E-state index is 0.335. The third-order valence-corrected chi connectivity index (χ3v) is 1.80. The third kappa shape index (κ3) is 3.34. The lowest BCUT2D eigenvalue weighted by Crippen LogP contribution is -2.34. The number of alkyl halides is 1. The van der Waals surface area contributed by atoms with Crippen LogP contribution in [0.2, 0.25) is 0 Å². The highest BCUT2D eigenvalue weighted by Crippen LogP contribution is 2.16. The van der Waals surface area contributed by atoms with E-state index in [2.05, 4.69) is 41.6 Å². The summed E-state index contributed by atoms with van der Waals surface area (Å²) in [5.74, 6) is 0. The fourth-order valence-corrected chi connectivity index (χ4v) is 1.49. The van der Waals surface area contributed by atoms with E-state index < -0.39 is 9.39 Å². The van der Waals surface area contributed by atoms with Crippen molar-refractivity contribution < 1.29 is 13.2 Å². The van der Waals surface area contributed by atoms with E-state index in [9.17, 15) is 4.79 Å². The Morgan fingerprint density at radius 2 is 2.11 bits per heavy atom. The summed E-state index contributed by atoms with van der Waals surface area (Å²) in [4.78, 5) is 10.2. The van der Waals surface area contributed by atoms with Crippen LogP contribution >= 0.6 is 41.6 Å². The van der Waals surface area contributed by atoms with Gasteiger partial charge in [0.25, 0.3) is 0 Å². The molecule has 0 bridgehead atoms. The molecular formula is C3H7BrNO2S2+. The van der Waals surface area contributed by atoms with Crippen molar-refractivity contribution in [3.8, 4) is 0 Å². The molecule has 0 aliphatic heterocycles. The summed E-state index contributed by atoms with van der Waals surface area (Å²) in [6.07, 6.45) is -1.07. The van der Waals surface area contributed by atoms with Crippen molar-refractivity contribution in [2.75, 3.05) is 11.9 Å². The predicted octanol–water partition coefficient (Wildman–Crippen LogP) is 1.57. The maximum Gasteiger partial charge on any atom is 0.537 e. The molecule has 0 unspecified atom stereocenters. The fraction of sp³-hybridized carbons (Fsp3) is 0.667. The van der Waals surface area contributed by atoms with E-state index in [1.54, 1.807) is 0 Å². The van der Waals surface area contributed by atoms with Crippen molar-refractivity contribution in [2.45, 2.75) is 0 Å². The van der Waals surface area contributed by atoms with Gasteiger partial charge >= 0.3 is 6.09 Å². The zero-order valence-electron chi connectivity index (χ0n) is 4.49. The van der Waals surface area contributed by atoms with E-state index in [0.29, 0.717) is 11.9 Å². The first-order chi connectivity index (χ1) is 4.00. The van der Waals surface area contributed by atoms with Gasteiger partial charge in [0, 0.05) is 0 Å². The predicted molar refractivity (Wildman–Crippen MR) is 44.9 cm³/mol. The largest absolute Gasteiger partial charge is 0.537 e. The van der Waals surface area contributed by atoms with Gasteiger partial charge in [-0.05, 0) is 0 Å². The highest BCUT2D eigenvalue weighted by atomic mass is 79.9. The molecule has 0 fully saturated rings. The number of nitrogens with zero attached hydrogens (tertiary/aromatic N) is 1. The lowest BCUT2D eigenvalue weighted by molar-refractivity contribution is -0.551. The summed E-state index contributed by atoms with van der Waals surface area (Å²) in [6.45, 7) is 0.335. The average molecular weight is 233 g/mol. The zero-order chi connectivity index (χ0) is 7.49. The second-order valence-electron chi connectivity index (χ2n) is 1.43. The van der Waals surface area contributed by atoms with Crippen LogP contribution in [0.15, 0.2) is 0 Å². The molecule has 0 aliphatic rings. The molecule has 0 aliphatic carbocycles. The highest BCUT2D eigenvalue weighted by molar-refractivity contribution is 9.09. The van der Waals surface area contributed by atoms with Gasteiger partial charge in [0.15, 0.2) is 0 Å². The van der Waals surface area contributed by atoms with Crippen LogP contribution in [0, 0.1) is 0 Å². The Hall–Kier alpha value is 0.610. The molecule has 0 rings (SSSR count). The minimum atomic E-state index is -1.07. The van der Waals surface area contributed by atoms with Crippen LogP contribution in [-0.4, -0.2) is 26.4 Å². The van der Waals surface area contributed by atoms with Gasteiger partial charge in [0.05, 0.1) is 31.0 Å². The molecule has 0 spiro atoms. The lowest BCUT2D eigenvalue weighted by atomic mass is 10.7. The Balaban J connectivity index is 3.85. The van der Waals surface area contributed by atoms with Gasteiger partial charge in [0.1, 0.15) is 6.54 Å².